The molecule has 1 aromatic rings. The number of anilines is 1. The lowest BCUT2D eigenvalue weighted by molar-refractivity contribution is -0.167. The molecule has 1 aliphatic heterocycles. The third-order valence-electron chi connectivity index (χ3n) is 2.65. The molecule has 0 aliphatic carbocycles. The number of hydrogen-bond donors (Lipinski definition) is 2. The van der Waals surface area contributed by atoms with Gasteiger partial charge in [0.2, 0.25) is 0 Å². The molecule has 108 valence electrons. The van der Waals surface area contributed by atoms with Crippen molar-refractivity contribution < 1.29 is 18.0 Å². The lowest BCUT2D eigenvalue weighted by atomic mass is 9.99. The Hall–Kier alpha value is -0.980. The second-order valence-corrected chi connectivity index (χ2v) is 3.82. The Kier molecular flexibility index (Phi) is 6.62. The fraction of sp³-hybridized carbons (Fsp3) is 0.364. The number of nitrogens with one attached hydrogen (secondary N) is 2. The molecule has 0 bridgehead atoms. The Morgan fingerprint density at radius 3 is 2.58 bits per heavy atom. The van der Waals surface area contributed by atoms with Crippen LogP contribution in [0.3, 0.4) is 0 Å². The van der Waals surface area contributed by atoms with Crippen molar-refractivity contribution in [3.8, 4) is 0 Å². The largest absolute Gasteiger partial charge is 0.471 e. The Morgan fingerprint density at radius 2 is 1.95 bits per heavy atom. The third-order valence-corrected chi connectivity index (χ3v) is 2.65. The van der Waals surface area contributed by atoms with Crippen molar-refractivity contribution in [3.63, 3.8) is 0 Å². The van der Waals surface area contributed by atoms with Crippen LogP contribution in [0, 0.1) is 0 Å². The molecule has 0 fully saturated rings. The van der Waals surface area contributed by atoms with E-state index in [1.165, 1.54) is 6.07 Å². The zero-order valence-electron chi connectivity index (χ0n) is 9.71. The maximum absolute atomic E-state index is 12.1. The van der Waals surface area contributed by atoms with Gasteiger partial charge in [0.1, 0.15) is 0 Å². The first-order valence-corrected chi connectivity index (χ1v) is 5.18. The van der Waals surface area contributed by atoms with Crippen LogP contribution in [0.4, 0.5) is 18.9 Å². The number of amides is 1. The van der Waals surface area contributed by atoms with Crippen molar-refractivity contribution in [1.29, 1.82) is 0 Å². The van der Waals surface area contributed by atoms with Crippen molar-refractivity contribution in [1.82, 2.24) is 5.32 Å². The quantitative estimate of drug-likeness (QED) is 0.836. The van der Waals surface area contributed by atoms with Crippen LogP contribution in [0.25, 0.3) is 0 Å². The second kappa shape index (κ2) is 6.98. The molecule has 2 N–H and O–H groups in total. The molecule has 1 aliphatic rings. The number of benzene rings is 1. The van der Waals surface area contributed by atoms with Gasteiger partial charge in [-0.15, -0.1) is 24.8 Å². The topological polar surface area (TPSA) is 41.1 Å². The molecule has 3 nitrogen and oxygen atoms in total. The summed E-state index contributed by atoms with van der Waals surface area (Å²) in [7, 11) is 0. The molecule has 1 heterocycles. The van der Waals surface area contributed by atoms with Crippen LogP contribution in [-0.2, 0) is 17.8 Å². The maximum atomic E-state index is 12.1. The third kappa shape index (κ3) is 4.26. The summed E-state index contributed by atoms with van der Waals surface area (Å²) >= 11 is 0. The van der Waals surface area contributed by atoms with Crippen molar-refractivity contribution in [2.24, 2.45) is 0 Å². The number of halogens is 5. The Labute approximate surface area is 120 Å². The van der Waals surface area contributed by atoms with Gasteiger partial charge in [-0.2, -0.15) is 13.2 Å². The standard InChI is InChI=1S/C11H11F3N2O.2ClH/c12-11(13,14)10(17)16-9-3-1-2-7-4-5-15-6-8(7)9;;/h1-3,15H,4-6H2,(H,16,17);2*1H. The Morgan fingerprint density at radius 1 is 1.26 bits per heavy atom. The number of alkyl halides is 3. The molecule has 2 rings (SSSR count). The van der Waals surface area contributed by atoms with E-state index in [4.69, 9.17) is 0 Å². The zero-order chi connectivity index (χ0) is 12.5. The zero-order valence-corrected chi connectivity index (χ0v) is 11.3. The van der Waals surface area contributed by atoms with Crippen LogP contribution in [0.5, 0.6) is 0 Å². The number of carbonyl (C=O) groups excluding carboxylic acids is 1. The average Bonchev–Trinajstić information content (AvgIpc) is 2.28. The molecule has 8 heteroatoms. The predicted octanol–water partition coefficient (Wildman–Crippen LogP) is 2.68. The van der Waals surface area contributed by atoms with E-state index in [1.54, 1.807) is 6.07 Å². The summed E-state index contributed by atoms with van der Waals surface area (Å²) < 4.78 is 36.4. The van der Waals surface area contributed by atoms with Crippen LogP contribution in [0.15, 0.2) is 18.2 Å². The fourth-order valence-electron chi connectivity index (χ4n) is 1.82. The van der Waals surface area contributed by atoms with E-state index in [2.05, 4.69) is 5.32 Å². The highest BCUT2D eigenvalue weighted by molar-refractivity contribution is 5.95. The van der Waals surface area contributed by atoms with Crippen LogP contribution >= 0.6 is 24.8 Å². The van der Waals surface area contributed by atoms with Gasteiger partial charge in [0, 0.05) is 12.2 Å². The van der Waals surface area contributed by atoms with E-state index in [0.29, 0.717) is 6.54 Å². The van der Waals surface area contributed by atoms with E-state index < -0.39 is 12.1 Å². The summed E-state index contributed by atoms with van der Waals surface area (Å²) in [4.78, 5) is 10.9. The minimum atomic E-state index is -4.86. The lowest BCUT2D eigenvalue weighted by Crippen LogP contribution is -2.31. The fourth-order valence-corrected chi connectivity index (χ4v) is 1.82. The van der Waals surface area contributed by atoms with Crippen molar-refractivity contribution in [2.45, 2.75) is 19.1 Å². The van der Waals surface area contributed by atoms with Crippen molar-refractivity contribution in [3.05, 3.63) is 29.3 Å². The number of hydrogen-bond acceptors (Lipinski definition) is 2. The summed E-state index contributed by atoms with van der Waals surface area (Å²) in [5.41, 5.74) is 1.94. The van der Waals surface area contributed by atoms with Gasteiger partial charge in [-0.3, -0.25) is 4.79 Å². The van der Waals surface area contributed by atoms with Gasteiger partial charge in [-0.1, -0.05) is 12.1 Å². The Balaban J connectivity index is 0.00000162. The normalized spacial score (nSPS) is 13.6. The van der Waals surface area contributed by atoms with Gasteiger partial charge in [0.15, 0.2) is 0 Å². The lowest BCUT2D eigenvalue weighted by Gasteiger charge is -2.20. The first-order valence-electron chi connectivity index (χ1n) is 5.18. The van der Waals surface area contributed by atoms with E-state index in [1.807, 2.05) is 11.4 Å². The number of rotatable bonds is 1. The minimum Gasteiger partial charge on any atom is -0.318 e. The molecule has 1 amide bonds. The minimum absolute atomic E-state index is 0. The number of fused-ring (bicyclic) bond motifs is 1. The second-order valence-electron chi connectivity index (χ2n) is 3.82. The summed E-state index contributed by atoms with van der Waals surface area (Å²) in [6, 6.07) is 4.99. The van der Waals surface area contributed by atoms with Gasteiger partial charge in [0.25, 0.3) is 0 Å². The Bertz CT molecular complexity index is 452. The van der Waals surface area contributed by atoms with Crippen molar-refractivity contribution in [2.75, 3.05) is 11.9 Å². The van der Waals surface area contributed by atoms with Gasteiger partial charge >= 0.3 is 12.1 Å². The van der Waals surface area contributed by atoms with Gasteiger partial charge < -0.3 is 10.6 Å². The molecule has 0 saturated carbocycles. The molecular formula is C11H13Cl2F3N2O. The highest BCUT2D eigenvalue weighted by atomic mass is 35.5. The monoisotopic (exact) mass is 316 g/mol. The molecule has 19 heavy (non-hydrogen) atoms. The smallest absolute Gasteiger partial charge is 0.318 e. The molecule has 0 aromatic heterocycles. The first kappa shape index (κ1) is 18.0. The van der Waals surface area contributed by atoms with Gasteiger partial charge in [0.05, 0.1) is 0 Å². The average molecular weight is 317 g/mol. The van der Waals surface area contributed by atoms with E-state index in [0.717, 1.165) is 24.1 Å². The molecule has 0 spiro atoms. The molecule has 0 saturated heterocycles. The van der Waals surface area contributed by atoms with Crippen LogP contribution < -0.4 is 10.6 Å². The molecule has 0 radical (unpaired) electrons. The van der Waals surface area contributed by atoms with E-state index >= 15 is 0 Å². The molecule has 0 unspecified atom stereocenters. The van der Waals surface area contributed by atoms with Gasteiger partial charge in [-0.05, 0) is 30.2 Å². The van der Waals surface area contributed by atoms with Crippen LogP contribution in [0.2, 0.25) is 0 Å². The highest BCUT2D eigenvalue weighted by Gasteiger charge is 2.39. The molecular weight excluding hydrogens is 304 g/mol. The maximum Gasteiger partial charge on any atom is 0.471 e. The summed E-state index contributed by atoms with van der Waals surface area (Å²) in [5, 5.41) is 4.97. The first-order chi connectivity index (χ1) is 7.98. The predicted molar refractivity (Wildman–Crippen MR) is 71.0 cm³/mol. The SMILES string of the molecule is Cl.Cl.O=C(Nc1cccc2c1CNCC2)C(F)(F)F. The molecule has 0 atom stereocenters. The van der Waals surface area contributed by atoms with Gasteiger partial charge in [-0.25, -0.2) is 0 Å². The highest BCUT2D eigenvalue weighted by Crippen LogP contribution is 2.25. The summed E-state index contributed by atoms with van der Waals surface area (Å²) in [6.45, 7) is 1.27. The van der Waals surface area contributed by atoms with Crippen LogP contribution in [-0.4, -0.2) is 18.6 Å². The number of carbonyl (C=O) groups is 1. The van der Waals surface area contributed by atoms with Crippen molar-refractivity contribution >= 4 is 36.4 Å². The van der Waals surface area contributed by atoms with E-state index in [-0.39, 0.29) is 30.5 Å². The molecule has 1 aromatic carbocycles. The van der Waals surface area contributed by atoms with Crippen LogP contribution in [0.1, 0.15) is 11.1 Å². The summed E-state index contributed by atoms with van der Waals surface area (Å²) in [5.74, 6) is -1.93. The summed E-state index contributed by atoms with van der Waals surface area (Å²) in [6.07, 6.45) is -4.10. The van der Waals surface area contributed by atoms with E-state index in [9.17, 15) is 18.0 Å².